The van der Waals surface area contributed by atoms with Crippen LogP contribution >= 0.6 is 0 Å². The zero-order valence-electron chi connectivity index (χ0n) is 17.3. The van der Waals surface area contributed by atoms with E-state index < -0.39 is 0 Å². The predicted octanol–water partition coefficient (Wildman–Crippen LogP) is 3.48. The van der Waals surface area contributed by atoms with Gasteiger partial charge in [0.25, 0.3) is 0 Å². The fraction of sp³-hybridized carbons (Fsp3) is 0.391. The van der Waals surface area contributed by atoms with Crippen LogP contribution in [0.15, 0.2) is 70.5 Å². The Kier molecular flexibility index (Phi) is 6.82. The van der Waals surface area contributed by atoms with Crippen LogP contribution in [0.5, 0.6) is 0 Å². The molecule has 158 valence electrons. The van der Waals surface area contributed by atoms with Gasteiger partial charge in [0.2, 0.25) is 0 Å². The molecular weight excluding hydrogens is 378 g/mol. The highest BCUT2D eigenvalue weighted by Crippen LogP contribution is 2.17. The Morgan fingerprint density at radius 1 is 1.30 bits per heavy atom. The molecule has 7 heteroatoms. The van der Waals surface area contributed by atoms with Crippen molar-refractivity contribution < 1.29 is 9.15 Å². The van der Waals surface area contributed by atoms with Gasteiger partial charge in [-0.2, -0.15) is 5.10 Å². The molecule has 0 spiro atoms. The van der Waals surface area contributed by atoms with E-state index in [-0.39, 0.29) is 12.1 Å². The van der Waals surface area contributed by atoms with E-state index in [2.05, 4.69) is 46.9 Å². The lowest BCUT2D eigenvalue weighted by Crippen LogP contribution is -2.40. The first-order valence-electron chi connectivity index (χ1n) is 10.6. The van der Waals surface area contributed by atoms with Crippen molar-refractivity contribution in [2.75, 3.05) is 19.7 Å². The Morgan fingerprint density at radius 2 is 2.27 bits per heavy atom. The van der Waals surface area contributed by atoms with Gasteiger partial charge < -0.3 is 19.8 Å². The summed E-state index contributed by atoms with van der Waals surface area (Å²) < 4.78 is 13.0. The molecule has 1 saturated heterocycles. The van der Waals surface area contributed by atoms with Crippen LogP contribution < -0.4 is 10.6 Å². The first-order chi connectivity index (χ1) is 14.8. The summed E-state index contributed by atoms with van der Waals surface area (Å²) in [6.45, 7) is 4.38. The molecule has 1 fully saturated rings. The van der Waals surface area contributed by atoms with Crippen molar-refractivity contribution in [2.45, 2.75) is 38.3 Å². The average molecular weight is 408 g/mol. The number of guanidine groups is 1. The number of aromatic nitrogens is 2. The standard InChI is InChI=1S/C23H29N5O2/c1-18(19-6-2-7-20(16-19)28-13-5-11-26-28)27-23(25-17-22-9-4-15-30-22)24-12-10-21-8-3-14-29-21/h2-3,5-8,11,13-14,16,18,22H,4,9-10,12,15,17H2,1H3,(H2,24,25,27). The lowest BCUT2D eigenvalue weighted by Gasteiger charge is -2.20. The molecule has 4 rings (SSSR count). The van der Waals surface area contributed by atoms with Gasteiger partial charge in [0.15, 0.2) is 5.96 Å². The summed E-state index contributed by atoms with van der Waals surface area (Å²) in [5.41, 5.74) is 2.20. The van der Waals surface area contributed by atoms with Crippen molar-refractivity contribution in [2.24, 2.45) is 4.99 Å². The topological polar surface area (TPSA) is 76.6 Å². The van der Waals surface area contributed by atoms with E-state index in [0.717, 1.165) is 49.8 Å². The van der Waals surface area contributed by atoms with E-state index in [9.17, 15) is 0 Å². The first-order valence-corrected chi connectivity index (χ1v) is 10.6. The zero-order chi connectivity index (χ0) is 20.6. The van der Waals surface area contributed by atoms with Crippen LogP contribution in [0.25, 0.3) is 5.69 Å². The maximum atomic E-state index is 5.73. The molecule has 2 N–H and O–H groups in total. The molecule has 2 atom stereocenters. The van der Waals surface area contributed by atoms with E-state index in [1.165, 1.54) is 5.56 Å². The molecule has 0 amide bonds. The van der Waals surface area contributed by atoms with Crippen molar-refractivity contribution in [1.82, 2.24) is 20.4 Å². The molecule has 0 bridgehead atoms. The van der Waals surface area contributed by atoms with Crippen LogP contribution in [-0.4, -0.2) is 41.5 Å². The molecule has 0 saturated carbocycles. The van der Waals surface area contributed by atoms with Crippen LogP contribution in [0.4, 0.5) is 0 Å². The summed E-state index contributed by atoms with van der Waals surface area (Å²) in [6, 6.07) is 14.3. The van der Waals surface area contributed by atoms with Crippen molar-refractivity contribution >= 4 is 5.96 Å². The second-order valence-electron chi connectivity index (χ2n) is 7.49. The first kappa shape index (κ1) is 20.2. The van der Waals surface area contributed by atoms with E-state index >= 15 is 0 Å². The molecule has 1 aromatic carbocycles. The predicted molar refractivity (Wildman–Crippen MR) is 117 cm³/mol. The molecule has 3 heterocycles. The van der Waals surface area contributed by atoms with Crippen LogP contribution in [0.3, 0.4) is 0 Å². The molecule has 7 nitrogen and oxygen atoms in total. The van der Waals surface area contributed by atoms with Gasteiger partial charge >= 0.3 is 0 Å². The van der Waals surface area contributed by atoms with E-state index in [1.807, 2.05) is 29.1 Å². The van der Waals surface area contributed by atoms with Gasteiger partial charge in [0, 0.05) is 32.0 Å². The van der Waals surface area contributed by atoms with E-state index in [1.54, 1.807) is 12.5 Å². The third-order valence-electron chi connectivity index (χ3n) is 5.21. The number of furan rings is 1. The monoisotopic (exact) mass is 407 g/mol. The van der Waals surface area contributed by atoms with Crippen LogP contribution in [0.2, 0.25) is 0 Å². The quantitative estimate of drug-likeness (QED) is 0.442. The minimum atomic E-state index is 0.0832. The van der Waals surface area contributed by atoms with Crippen LogP contribution in [-0.2, 0) is 11.2 Å². The summed E-state index contributed by atoms with van der Waals surface area (Å²) in [7, 11) is 0. The largest absolute Gasteiger partial charge is 0.469 e. The smallest absolute Gasteiger partial charge is 0.191 e. The zero-order valence-corrected chi connectivity index (χ0v) is 17.3. The minimum absolute atomic E-state index is 0.0832. The highest BCUT2D eigenvalue weighted by Gasteiger charge is 2.16. The minimum Gasteiger partial charge on any atom is -0.469 e. The fourth-order valence-corrected chi connectivity index (χ4v) is 3.54. The highest BCUT2D eigenvalue weighted by atomic mass is 16.5. The number of hydrogen-bond acceptors (Lipinski definition) is 4. The summed E-state index contributed by atoms with van der Waals surface area (Å²) in [4.78, 5) is 4.78. The van der Waals surface area contributed by atoms with Crippen LogP contribution in [0, 0.1) is 0 Å². The normalized spacial score (nSPS) is 17.8. The van der Waals surface area contributed by atoms with Crippen molar-refractivity contribution in [1.29, 1.82) is 0 Å². The number of rotatable bonds is 8. The molecule has 2 aromatic heterocycles. The number of nitrogens with one attached hydrogen (secondary N) is 2. The van der Waals surface area contributed by atoms with Crippen LogP contribution in [0.1, 0.15) is 37.1 Å². The lowest BCUT2D eigenvalue weighted by molar-refractivity contribution is 0.117. The third-order valence-corrected chi connectivity index (χ3v) is 5.21. The molecular formula is C23H29N5O2. The molecule has 0 radical (unpaired) electrons. The molecule has 3 aromatic rings. The second-order valence-corrected chi connectivity index (χ2v) is 7.49. The molecule has 0 aliphatic carbocycles. The molecule has 30 heavy (non-hydrogen) atoms. The maximum absolute atomic E-state index is 5.73. The number of aliphatic imine (C=N–C) groups is 1. The summed E-state index contributed by atoms with van der Waals surface area (Å²) in [5.74, 6) is 1.75. The summed E-state index contributed by atoms with van der Waals surface area (Å²) in [5, 5.41) is 11.3. The van der Waals surface area contributed by atoms with Gasteiger partial charge in [0.05, 0.1) is 30.6 Å². The Morgan fingerprint density at radius 3 is 3.03 bits per heavy atom. The number of hydrogen-bond donors (Lipinski definition) is 2. The SMILES string of the molecule is CC(NC(=NCC1CCCO1)NCCc1ccco1)c1cccc(-n2cccn2)c1. The van der Waals surface area contributed by atoms with Crippen molar-refractivity contribution in [3.8, 4) is 5.69 Å². The van der Waals surface area contributed by atoms with Gasteiger partial charge in [-0.1, -0.05) is 12.1 Å². The van der Waals surface area contributed by atoms with Gasteiger partial charge in [0.1, 0.15) is 5.76 Å². The van der Waals surface area contributed by atoms with Gasteiger partial charge in [-0.3, -0.25) is 4.99 Å². The van der Waals surface area contributed by atoms with Gasteiger partial charge in [-0.05, 0) is 55.7 Å². The van der Waals surface area contributed by atoms with Gasteiger partial charge in [-0.15, -0.1) is 0 Å². The average Bonchev–Trinajstić information content (AvgIpc) is 3.55. The molecule has 1 aliphatic rings. The second kappa shape index (κ2) is 10.1. The summed E-state index contributed by atoms with van der Waals surface area (Å²) in [6.07, 6.45) is 8.64. The number of nitrogens with zero attached hydrogens (tertiary/aromatic N) is 3. The van der Waals surface area contributed by atoms with E-state index in [4.69, 9.17) is 14.1 Å². The van der Waals surface area contributed by atoms with E-state index in [0.29, 0.717) is 6.54 Å². The maximum Gasteiger partial charge on any atom is 0.191 e. The highest BCUT2D eigenvalue weighted by molar-refractivity contribution is 5.80. The summed E-state index contributed by atoms with van der Waals surface area (Å²) >= 11 is 0. The Bertz CT molecular complexity index is 915. The Balaban J connectivity index is 1.41. The lowest BCUT2D eigenvalue weighted by atomic mass is 10.1. The van der Waals surface area contributed by atoms with Crippen molar-refractivity contribution in [3.05, 3.63) is 72.4 Å². The number of benzene rings is 1. The fourth-order valence-electron chi connectivity index (χ4n) is 3.54. The Hall–Kier alpha value is -3.06. The Labute approximate surface area is 177 Å². The number of ether oxygens (including phenoxy) is 1. The molecule has 2 unspecified atom stereocenters. The third kappa shape index (κ3) is 5.51. The van der Waals surface area contributed by atoms with Crippen molar-refractivity contribution in [3.63, 3.8) is 0 Å². The van der Waals surface area contributed by atoms with Gasteiger partial charge in [-0.25, -0.2) is 4.68 Å². The molecule has 1 aliphatic heterocycles.